The number of hydrogen-bond donors (Lipinski definition) is 0. The predicted octanol–water partition coefficient (Wildman–Crippen LogP) is 4.16. The first-order valence-electron chi connectivity index (χ1n) is 5.87. The Morgan fingerprint density at radius 2 is 1.93 bits per heavy atom. The van der Waals surface area contributed by atoms with Gasteiger partial charge in [0.1, 0.15) is 0 Å². The molecule has 15 heavy (non-hydrogen) atoms. The van der Waals surface area contributed by atoms with Crippen LogP contribution in [0.15, 0.2) is 0 Å². The highest BCUT2D eigenvalue weighted by atomic mass is 32.2. The summed E-state index contributed by atoms with van der Waals surface area (Å²) in [6.45, 7) is 11.4. The monoisotopic (exact) mass is 244 g/mol. The molecule has 1 saturated carbocycles. The minimum atomic E-state index is -0.877. The predicted molar refractivity (Wildman–Crippen MR) is 72.2 cm³/mol. The van der Waals surface area contributed by atoms with Crippen molar-refractivity contribution in [3.05, 3.63) is 0 Å². The van der Waals surface area contributed by atoms with Crippen molar-refractivity contribution in [3.8, 4) is 0 Å². The normalized spacial score (nSPS) is 31.1. The third-order valence-electron chi connectivity index (χ3n) is 3.25. The third kappa shape index (κ3) is 4.73. The molecule has 0 unspecified atom stereocenters. The highest BCUT2D eigenvalue weighted by molar-refractivity contribution is 8.14. The van der Waals surface area contributed by atoms with Gasteiger partial charge in [0.15, 0.2) is 5.12 Å². The van der Waals surface area contributed by atoms with Gasteiger partial charge in [-0.2, -0.15) is 0 Å². The Morgan fingerprint density at radius 1 is 1.40 bits per heavy atom. The first-order valence-corrected chi connectivity index (χ1v) is 10.5. The van der Waals surface area contributed by atoms with Gasteiger partial charge in [-0.25, -0.2) is 0 Å². The minimum absolute atomic E-state index is 0.284. The molecule has 88 valence electrons. The van der Waals surface area contributed by atoms with E-state index in [4.69, 9.17) is 0 Å². The summed E-state index contributed by atoms with van der Waals surface area (Å²) in [4.78, 5) is 10.9. The number of hydrogen-bond acceptors (Lipinski definition) is 2. The maximum Gasteiger partial charge on any atom is 0.186 e. The van der Waals surface area contributed by atoms with Crippen LogP contribution in [-0.4, -0.2) is 18.4 Å². The van der Waals surface area contributed by atoms with Crippen molar-refractivity contribution < 1.29 is 4.79 Å². The lowest BCUT2D eigenvalue weighted by atomic mass is 9.68. The summed E-state index contributed by atoms with van der Waals surface area (Å²) in [6, 6.07) is 1.43. The van der Waals surface area contributed by atoms with E-state index in [1.807, 2.05) is 0 Å². The molecule has 1 fully saturated rings. The molecule has 0 aromatic carbocycles. The Morgan fingerprint density at radius 3 is 2.33 bits per heavy atom. The highest BCUT2D eigenvalue weighted by Crippen LogP contribution is 2.50. The van der Waals surface area contributed by atoms with E-state index < -0.39 is 8.07 Å². The SMILES string of the molecule is CC(=O)SC1CC(C)(CC[Si](C)(C)C)C1. The van der Waals surface area contributed by atoms with Crippen LogP contribution in [0.2, 0.25) is 25.7 Å². The van der Waals surface area contributed by atoms with Crippen LogP contribution in [0.3, 0.4) is 0 Å². The van der Waals surface area contributed by atoms with Crippen LogP contribution < -0.4 is 0 Å². The van der Waals surface area contributed by atoms with Crippen molar-refractivity contribution in [1.82, 2.24) is 0 Å². The highest BCUT2D eigenvalue weighted by Gasteiger charge is 2.41. The second-order valence-corrected chi connectivity index (χ2v) is 13.6. The molecule has 0 radical (unpaired) electrons. The van der Waals surface area contributed by atoms with Crippen LogP contribution in [0.1, 0.15) is 33.1 Å². The summed E-state index contributed by atoms with van der Waals surface area (Å²) < 4.78 is 0. The fraction of sp³-hybridized carbons (Fsp3) is 0.917. The molecule has 0 heterocycles. The Labute approximate surface area is 99.4 Å². The number of carbonyl (C=O) groups excluding carboxylic acids is 1. The second kappa shape index (κ2) is 4.62. The fourth-order valence-electron chi connectivity index (χ4n) is 2.24. The lowest BCUT2D eigenvalue weighted by molar-refractivity contribution is -0.109. The van der Waals surface area contributed by atoms with Crippen molar-refractivity contribution in [3.63, 3.8) is 0 Å². The Balaban J connectivity index is 2.25. The molecule has 0 amide bonds. The van der Waals surface area contributed by atoms with Gasteiger partial charge in [0.2, 0.25) is 0 Å². The Bertz CT molecular complexity index is 238. The van der Waals surface area contributed by atoms with E-state index in [2.05, 4.69) is 26.6 Å². The van der Waals surface area contributed by atoms with Crippen LogP contribution in [0.5, 0.6) is 0 Å². The van der Waals surface area contributed by atoms with Crippen molar-refractivity contribution in [1.29, 1.82) is 0 Å². The molecule has 0 atom stereocenters. The average molecular weight is 244 g/mol. The molecule has 1 rings (SSSR count). The summed E-state index contributed by atoms with van der Waals surface area (Å²) in [6.07, 6.45) is 3.88. The lowest BCUT2D eigenvalue weighted by Gasteiger charge is -2.45. The molecule has 0 aromatic rings. The maximum atomic E-state index is 10.9. The van der Waals surface area contributed by atoms with E-state index in [-0.39, 0.29) is 5.12 Å². The fourth-order valence-corrected chi connectivity index (χ4v) is 5.03. The zero-order valence-corrected chi connectivity index (χ0v) is 12.5. The summed E-state index contributed by atoms with van der Waals surface area (Å²) in [5.41, 5.74) is 0.549. The lowest BCUT2D eigenvalue weighted by Crippen LogP contribution is -2.38. The topological polar surface area (TPSA) is 17.1 Å². The van der Waals surface area contributed by atoms with Gasteiger partial charge < -0.3 is 0 Å². The summed E-state index contributed by atoms with van der Waals surface area (Å²) in [5, 5.41) is 0.904. The molecule has 0 saturated heterocycles. The number of rotatable bonds is 4. The maximum absolute atomic E-state index is 10.9. The molecule has 0 spiro atoms. The summed E-state index contributed by atoms with van der Waals surface area (Å²) in [7, 11) is -0.877. The van der Waals surface area contributed by atoms with Crippen LogP contribution in [0.25, 0.3) is 0 Å². The molecule has 0 N–H and O–H groups in total. The van der Waals surface area contributed by atoms with Crippen LogP contribution in [0.4, 0.5) is 0 Å². The van der Waals surface area contributed by atoms with Gasteiger partial charge in [-0.15, -0.1) is 0 Å². The zero-order chi connectivity index (χ0) is 11.7. The molecular formula is C12H24OSSi. The molecule has 1 nitrogen and oxygen atoms in total. The molecule has 0 aromatic heterocycles. The van der Waals surface area contributed by atoms with Gasteiger partial charge in [-0.05, 0) is 18.3 Å². The Hall–Kier alpha value is 0.237. The van der Waals surface area contributed by atoms with Crippen LogP contribution >= 0.6 is 11.8 Å². The van der Waals surface area contributed by atoms with Crippen molar-refractivity contribution in [2.45, 2.75) is 64.0 Å². The Kier molecular flexibility index (Phi) is 4.10. The molecule has 0 bridgehead atoms. The zero-order valence-electron chi connectivity index (χ0n) is 10.7. The van der Waals surface area contributed by atoms with Crippen molar-refractivity contribution in [2.24, 2.45) is 5.41 Å². The quantitative estimate of drug-likeness (QED) is 0.691. The molecule has 3 heteroatoms. The van der Waals surface area contributed by atoms with Gasteiger partial charge in [0, 0.05) is 20.2 Å². The van der Waals surface area contributed by atoms with Crippen molar-refractivity contribution >= 4 is 25.0 Å². The van der Waals surface area contributed by atoms with Gasteiger partial charge in [-0.1, -0.05) is 50.8 Å². The van der Waals surface area contributed by atoms with E-state index in [0.717, 1.165) is 0 Å². The van der Waals surface area contributed by atoms with Crippen LogP contribution in [0, 0.1) is 5.41 Å². The molecule has 0 aliphatic heterocycles. The van der Waals surface area contributed by atoms with Gasteiger partial charge in [0.25, 0.3) is 0 Å². The van der Waals surface area contributed by atoms with E-state index in [1.165, 1.54) is 25.3 Å². The van der Waals surface area contributed by atoms with E-state index >= 15 is 0 Å². The van der Waals surface area contributed by atoms with E-state index in [9.17, 15) is 4.79 Å². The average Bonchev–Trinajstić information content (AvgIpc) is 1.95. The smallest absolute Gasteiger partial charge is 0.186 e. The van der Waals surface area contributed by atoms with Crippen molar-refractivity contribution in [2.75, 3.05) is 0 Å². The summed E-state index contributed by atoms with van der Waals surface area (Å²) >= 11 is 1.55. The molecule has 1 aliphatic rings. The van der Waals surface area contributed by atoms with Gasteiger partial charge >= 0.3 is 0 Å². The number of carbonyl (C=O) groups is 1. The van der Waals surface area contributed by atoms with Gasteiger partial charge in [0.05, 0.1) is 0 Å². The second-order valence-electron chi connectivity index (χ2n) is 6.51. The standard InChI is InChI=1S/C12H24OSSi/c1-10(13)14-11-8-12(2,9-11)6-7-15(3,4)5/h11H,6-9H2,1-5H3. The third-order valence-corrected chi connectivity index (χ3v) is 6.00. The van der Waals surface area contributed by atoms with Crippen LogP contribution in [-0.2, 0) is 4.79 Å². The first-order chi connectivity index (χ1) is 6.70. The van der Waals surface area contributed by atoms with Gasteiger partial charge in [-0.3, -0.25) is 4.79 Å². The van der Waals surface area contributed by atoms with E-state index in [1.54, 1.807) is 18.7 Å². The number of thioether (sulfide) groups is 1. The molecular weight excluding hydrogens is 220 g/mol. The largest absolute Gasteiger partial charge is 0.288 e. The summed E-state index contributed by atoms with van der Waals surface area (Å²) in [5.74, 6) is 0. The van der Waals surface area contributed by atoms with E-state index in [0.29, 0.717) is 10.7 Å². The minimum Gasteiger partial charge on any atom is -0.288 e. The molecule has 1 aliphatic carbocycles. The first kappa shape index (κ1) is 13.3.